The van der Waals surface area contributed by atoms with Gasteiger partial charge in [-0.2, -0.15) is 0 Å². The largest absolute Gasteiger partial charge is 0.378 e. The molecule has 1 atom stereocenters. The van der Waals surface area contributed by atoms with E-state index in [4.69, 9.17) is 9.72 Å². The fourth-order valence-corrected chi connectivity index (χ4v) is 5.67. The second kappa shape index (κ2) is 6.66. The Morgan fingerprint density at radius 3 is 2.89 bits per heavy atom. The third-order valence-electron chi connectivity index (χ3n) is 5.79. The normalized spacial score (nSPS) is 20.1. The van der Waals surface area contributed by atoms with Crippen LogP contribution in [0.5, 0.6) is 0 Å². The number of thiophene rings is 1. The average Bonchev–Trinajstić information content (AvgIpc) is 3.19. The van der Waals surface area contributed by atoms with E-state index in [-0.39, 0.29) is 18.1 Å². The summed E-state index contributed by atoms with van der Waals surface area (Å²) in [6, 6.07) is 0. The summed E-state index contributed by atoms with van der Waals surface area (Å²) in [5, 5.41) is 5.58. The highest BCUT2D eigenvalue weighted by Gasteiger charge is 2.26. The minimum atomic E-state index is -0.298. The zero-order chi connectivity index (χ0) is 19.4. The van der Waals surface area contributed by atoms with Crippen molar-refractivity contribution in [1.82, 2.24) is 24.1 Å². The van der Waals surface area contributed by atoms with Crippen molar-refractivity contribution in [2.75, 3.05) is 26.3 Å². The molecular formula is C19H23N5O3S. The van der Waals surface area contributed by atoms with Gasteiger partial charge in [-0.15, -0.1) is 16.4 Å². The Bertz CT molecular complexity index is 1140. The molecule has 3 aromatic rings. The highest BCUT2D eigenvalue weighted by Crippen LogP contribution is 2.38. The predicted molar refractivity (Wildman–Crippen MR) is 106 cm³/mol. The molecule has 4 heterocycles. The van der Waals surface area contributed by atoms with Crippen LogP contribution in [0.1, 0.15) is 29.6 Å². The quantitative estimate of drug-likeness (QED) is 0.648. The van der Waals surface area contributed by atoms with E-state index in [1.807, 2.05) is 6.92 Å². The summed E-state index contributed by atoms with van der Waals surface area (Å²) in [4.78, 5) is 34.3. The molecule has 0 aromatic carbocycles. The molecule has 28 heavy (non-hydrogen) atoms. The number of hydrogen-bond donors (Lipinski definition) is 0. The summed E-state index contributed by atoms with van der Waals surface area (Å²) in [6.45, 7) is 6.24. The highest BCUT2D eigenvalue weighted by molar-refractivity contribution is 7.19. The second-order valence-corrected chi connectivity index (χ2v) is 8.87. The van der Waals surface area contributed by atoms with E-state index < -0.39 is 0 Å². The van der Waals surface area contributed by atoms with Crippen LogP contribution in [0.15, 0.2) is 4.79 Å². The third kappa shape index (κ3) is 2.76. The number of amides is 1. The number of hydrogen-bond acceptors (Lipinski definition) is 6. The first-order valence-electron chi connectivity index (χ1n) is 9.79. The molecule has 0 radical (unpaired) electrons. The molecule has 148 valence electrons. The number of aromatic nitrogens is 4. The summed E-state index contributed by atoms with van der Waals surface area (Å²) >= 11 is 1.72. The van der Waals surface area contributed by atoms with Gasteiger partial charge in [-0.1, -0.05) is 6.92 Å². The van der Waals surface area contributed by atoms with Crippen LogP contribution in [0.2, 0.25) is 0 Å². The van der Waals surface area contributed by atoms with Crippen molar-refractivity contribution < 1.29 is 9.53 Å². The smallest absolute Gasteiger partial charge is 0.352 e. The number of morpholine rings is 1. The molecular weight excluding hydrogens is 378 g/mol. The van der Waals surface area contributed by atoms with Gasteiger partial charge in [-0.25, -0.2) is 18.9 Å². The van der Waals surface area contributed by atoms with Crippen LogP contribution in [0.3, 0.4) is 0 Å². The molecule has 8 nitrogen and oxygen atoms in total. The Hall–Kier alpha value is -2.26. The molecule has 1 fully saturated rings. The molecule has 5 rings (SSSR count). The average molecular weight is 401 g/mol. The minimum absolute atomic E-state index is 0.0508. The number of ether oxygens (including phenoxy) is 1. The van der Waals surface area contributed by atoms with Crippen molar-refractivity contribution in [1.29, 1.82) is 0 Å². The molecule has 0 saturated carbocycles. The maximum absolute atomic E-state index is 13.0. The zero-order valence-corrected chi connectivity index (χ0v) is 16.9. The first-order valence-corrected chi connectivity index (χ1v) is 10.6. The van der Waals surface area contributed by atoms with Gasteiger partial charge in [0.2, 0.25) is 5.91 Å². The first kappa shape index (κ1) is 17.8. The lowest BCUT2D eigenvalue weighted by atomic mass is 9.89. The van der Waals surface area contributed by atoms with Gasteiger partial charge in [0.05, 0.1) is 18.6 Å². The van der Waals surface area contributed by atoms with E-state index in [1.54, 1.807) is 20.6 Å². The van der Waals surface area contributed by atoms with Gasteiger partial charge in [-0.05, 0) is 37.7 Å². The molecule has 0 bridgehead atoms. The van der Waals surface area contributed by atoms with Gasteiger partial charge in [-0.3, -0.25) is 4.79 Å². The summed E-state index contributed by atoms with van der Waals surface area (Å²) in [6.07, 6.45) is 3.19. The van der Waals surface area contributed by atoms with E-state index in [0.717, 1.165) is 29.5 Å². The number of rotatable bonds is 2. The Kier molecular flexibility index (Phi) is 4.24. The number of aryl methyl sites for hydroxylation is 2. The number of carbonyl (C=O) groups is 1. The lowest BCUT2D eigenvalue weighted by Crippen LogP contribution is -2.43. The molecule has 1 saturated heterocycles. The van der Waals surface area contributed by atoms with Gasteiger partial charge in [0.15, 0.2) is 5.65 Å². The van der Waals surface area contributed by atoms with E-state index in [2.05, 4.69) is 12.0 Å². The van der Waals surface area contributed by atoms with Gasteiger partial charge in [0.1, 0.15) is 17.2 Å². The fraction of sp³-hybridized carbons (Fsp3) is 0.579. The Morgan fingerprint density at radius 2 is 2.11 bits per heavy atom. The van der Waals surface area contributed by atoms with Crippen LogP contribution in [-0.2, 0) is 28.9 Å². The second-order valence-electron chi connectivity index (χ2n) is 7.78. The number of nitrogens with zero attached hydrogens (tertiary/aromatic N) is 5. The standard InChI is InChI=1S/C19H23N5O3S/c1-11-3-4-13-14(9-11)28-18-16(13)17-21-23(19(26)24(17)12(2)20-18)10-15(25)22-5-7-27-8-6-22/h11H,3-10H2,1-2H3/t11-/m0/s1. The SMILES string of the molecule is Cc1nc2sc3c(c2c2nn(CC(=O)N4CCOCC4)c(=O)n12)CC[C@H](C)C3. The molecule has 1 aliphatic carbocycles. The van der Waals surface area contributed by atoms with E-state index in [9.17, 15) is 9.59 Å². The van der Waals surface area contributed by atoms with Gasteiger partial charge in [0, 0.05) is 18.0 Å². The van der Waals surface area contributed by atoms with Crippen LogP contribution in [0.25, 0.3) is 15.9 Å². The zero-order valence-electron chi connectivity index (χ0n) is 16.1. The summed E-state index contributed by atoms with van der Waals surface area (Å²) < 4.78 is 8.14. The monoisotopic (exact) mass is 401 g/mol. The molecule has 3 aromatic heterocycles. The minimum Gasteiger partial charge on any atom is -0.378 e. The van der Waals surface area contributed by atoms with Crippen molar-refractivity contribution in [3.05, 3.63) is 26.7 Å². The summed E-state index contributed by atoms with van der Waals surface area (Å²) in [5.74, 6) is 1.18. The molecule has 0 spiro atoms. The fourth-order valence-electron chi connectivity index (χ4n) is 4.25. The summed E-state index contributed by atoms with van der Waals surface area (Å²) in [7, 11) is 0. The molecule has 0 unspecified atom stereocenters. The van der Waals surface area contributed by atoms with E-state index >= 15 is 0 Å². The molecule has 9 heteroatoms. The van der Waals surface area contributed by atoms with Gasteiger partial charge in [0.25, 0.3) is 0 Å². The molecule has 2 aliphatic rings. The van der Waals surface area contributed by atoms with Crippen molar-refractivity contribution in [2.45, 2.75) is 39.7 Å². The Balaban J connectivity index is 1.61. The van der Waals surface area contributed by atoms with Gasteiger partial charge < -0.3 is 9.64 Å². The number of fused-ring (bicyclic) bond motifs is 5. The summed E-state index contributed by atoms with van der Waals surface area (Å²) in [5.41, 5.74) is 1.62. The van der Waals surface area contributed by atoms with Crippen LogP contribution >= 0.6 is 11.3 Å². The highest BCUT2D eigenvalue weighted by atomic mass is 32.1. The predicted octanol–water partition coefficient (Wildman–Crippen LogP) is 1.40. The van der Waals surface area contributed by atoms with Crippen LogP contribution < -0.4 is 5.69 Å². The first-order chi connectivity index (χ1) is 13.5. The van der Waals surface area contributed by atoms with Gasteiger partial charge >= 0.3 is 5.69 Å². The molecule has 1 aliphatic heterocycles. The third-order valence-corrected chi connectivity index (χ3v) is 6.94. The lowest BCUT2D eigenvalue weighted by molar-refractivity contribution is -0.136. The van der Waals surface area contributed by atoms with Crippen molar-refractivity contribution in [3.8, 4) is 0 Å². The van der Waals surface area contributed by atoms with Crippen LogP contribution in [0, 0.1) is 12.8 Å². The van der Waals surface area contributed by atoms with Crippen LogP contribution in [0.4, 0.5) is 0 Å². The van der Waals surface area contributed by atoms with Crippen molar-refractivity contribution >= 4 is 33.1 Å². The molecule has 1 amide bonds. The maximum atomic E-state index is 13.0. The Labute approximate surface area is 165 Å². The van der Waals surface area contributed by atoms with Crippen LogP contribution in [-0.4, -0.2) is 56.3 Å². The lowest BCUT2D eigenvalue weighted by Gasteiger charge is -2.26. The van der Waals surface area contributed by atoms with E-state index in [1.165, 1.54) is 15.1 Å². The van der Waals surface area contributed by atoms with Crippen molar-refractivity contribution in [3.63, 3.8) is 0 Å². The maximum Gasteiger partial charge on any atom is 0.352 e. The Morgan fingerprint density at radius 1 is 1.32 bits per heavy atom. The molecule has 0 N–H and O–H groups in total. The van der Waals surface area contributed by atoms with E-state index in [0.29, 0.717) is 43.7 Å². The topological polar surface area (TPSA) is 81.7 Å². The number of carbonyl (C=O) groups excluding carboxylic acids is 1. The van der Waals surface area contributed by atoms with Crippen molar-refractivity contribution in [2.24, 2.45) is 5.92 Å².